The van der Waals surface area contributed by atoms with E-state index in [0.29, 0.717) is 41.7 Å². The first-order valence-electron chi connectivity index (χ1n) is 18.8. The van der Waals surface area contributed by atoms with Gasteiger partial charge in [0, 0.05) is 68.6 Å². The van der Waals surface area contributed by atoms with Gasteiger partial charge in [-0.3, -0.25) is 24.2 Å². The van der Waals surface area contributed by atoms with Crippen LogP contribution in [0.5, 0.6) is 5.75 Å². The molecule has 56 heavy (non-hydrogen) atoms. The topological polar surface area (TPSA) is 137 Å². The number of urea groups is 1. The molecule has 8 rings (SSSR count). The van der Waals surface area contributed by atoms with Crippen molar-refractivity contribution >= 4 is 62.2 Å². The number of carbonyl (C=O) groups excluding carboxylic acids is 3. The Kier molecular flexibility index (Phi) is 10.3. The highest BCUT2D eigenvalue weighted by Gasteiger charge is 2.34. The average Bonchev–Trinajstić information content (AvgIpc) is 3.81. The second kappa shape index (κ2) is 15.3. The van der Waals surface area contributed by atoms with E-state index >= 15 is 0 Å². The van der Waals surface area contributed by atoms with E-state index in [2.05, 4.69) is 49.6 Å². The van der Waals surface area contributed by atoms with Crippen molar-refractivity contribution in [3.63, 3.8) is 0 Å². The molecule has 294 valence electrons. The van der Waals surface area contributed by atoms with E-state index in [1.807, 2.05) is 10.6 Å². The molecule has 3 aliphatic rings. The van der Waals surface area contributed by atoms with Gasteiger partial charge in [0.15, 0.2) is 0 Å². The number of halogens is 3. The summed E-state index contributed by atoms with van der Waals surface area (Å²) in [4.78, 5) is 56.4. The van der Waals surface area contributed by atoms with Gasteiger partial charge in [-0.2, -0.15) is 13.2 Å². The van der Waals surface area contributed by atoms with E-state index in [4.69, 9.17) is 9.72 Å². The van der Waals surface area contributed by atoms with Crippen LogP contribution >= 0.6 is 11.3 Å². The number of nitrogens with one attached hydrogen (secondary N) is 2. The number of fused-ring (bicyclic) bond motifs is 2. The summed E-state index contributed by atoms with van der Waals surface area (Å²) < 4.78 is 47.8. The number of hydrogen-bond acceptors (Lipinski definition) is 10. The molecular formula is C39H42F3N9O4S. The molecule has 1 aliphatic carbocycles. The van der Waals surface area contributed by atoms with Crippen LogP contribution in [0.1, 0.15) is 72.1 Å². The molecule has 0 spiro atoms. The van der Waals surface area contributed by atoms with Crippen molar-refractivity contribution in [2.75, 3.05) is 55.5 Å². The maximum absolute atomic E-state index is 13.2. The molecule has 17 heteroatoms. The van der Waals surface area contributed by atoms with Crippen LogP contribution in [0.2, 0.25) is 0 Å². The highest BCUT2D eigenvalue weighted by molar-refractivity contribution is 7.18. The smallest absolute Gasteiger partial charge is 0.433 e. The van der Waals surface area contributed by atoms with Crippen molar-refractivity contribution in [2.45, 2.75) is 63.1 Å². The number of imidazole rings is 1. The minimum absolute atomic E-state index is 0.259. The van der Waals surface area contributed by atoms with E-state index in [1.165, 1.54) is 13.2 Å². The van der Waals surface area contributed by atoms with Gasteiger partial charge in [0.25, 0.3) is 5.91 Å². The maximum atomic E-state index is 13.2. The normalized spacial score (nSPS) is 19.9. The average molecular weight is 790 g/mol. The molecule has 0 bridgehead atoms. The zero-order chi connectivity index (χ0) is 39.1. The Labute approximate surface area is 324 Å². The number of methoxy groups -OCH3 is 1. The summed E-state index contributed by atoms with van der Waals surface area (Å²) in [5.41, 5.74) is 1.49. The first-order valence-corrected chi connectivity index (χ1v) is 19.6. The summed E-state index contributed by atoms with van der Waals surface area (Å²) in [6.07, 6.45) is 5.64. The van der Waals surface area contributed by atoms with Gasteiger partial charge < -0.3 is 19.9 Å². The van der Waals surface area contributed by atoms with Crippen molar-refractivity contribution < 1.29 is 32.3 Å². The third-order valence-corrected chi connectivity index (χ3v) is 12.4. The predicted molar refractivity (Wildman–Crippen MR) is 207 cm³/mol. The van der Waals surface area contributed by atoms with Gasteiger partial charge in [0.05, 0.1) is 34.2 Å². The van der Waals surface area contributed by atoms with Crippen molar-refractivity contribution in [3.8, 4) is 5.75 Å². The Hall–Kier alpha value is -5.29. The molecule has 0 atom stereocenters. The Morgan fingerprint density at radius 3 is 2.55 bits per heavy atom. The lowest BCUT2D eigenvalue weighted by Gasteiger charge is -2.40. The standard InChI is InChI=1S/C39H42F3N9O4S/c1-48(25-10-14-49(15-11-25)26-12-16-50-33(18-26)43-21-35(50)51-17-13-34(52)47-38(51)54)22-23-6-8-24(9-7-23)37-46-29-19-30(55-2)28(20-31(29)56-37)45-36(53)27-4-3-5-32(44-27)39(40,41)42/h3-5,12,16,18-21,23-25H,6-11,13-15,17,22H2,1-2H3,(H,45,53)(H,47,52,54)/t23-,24-. The van der Waals surface area contributed by atoms with E-state index in [0.717, 1.165) is 96.9 Å². The molecule has 4 aromatic heterocycles. The lowest BCUT2D eigenvalue weighted by molar-refractivity contribution is -0.141. The van der Waals surface area contributed by atoms with Crippen molar-refractivity contribution in [3.05, 3.63) is 71.3 Å². The second-order valence-electron chi connectivity index (χ2n) is 14.8. The number of carbonyl (C=O) groups is 3. The largest absolute Gasteiger partial charge is 0.494 e. The molecule has 0 radical (unpaired) electrons. The number of benzene rings is 1. The molecule has 5 aromatic rings. The summed E-state index contributed by atoms with van der Waals surface area (Å²) in [5, 5.41) is 6.09. The van der Waals surface area contributed by atoms with Crippen LogP contribution in [0.3, 0.4) is 0 Å². The van der Waals surface area contributed by atoms with E-state index in [-0.39, 0.29) is 18.0 Å². The number of anilines is 3. The number of aromatic nitrogens is 4. The van der Waals surface area contributed by atoms with Crippen LogP contribution in [0.25, 0.3) is 15.9 Å². The van der Waals surface area contributed by atoms with Crippen LogP contribution in [0, 0.1) is 5.92 Å². The van der Waals surface area contributed by atoms with Gasteiger partial charge >= 0.3 is 12.2 Å². The molecule has 6 heterocycles. The molecule has 1 saturated carbocycles. The van der Waals surface area contributed by atoms with E-state index in [9.17, 15) is 27.6 Å². The third kappa shape index (κ3) is 7.74. The van der Waals surface area contributed by atoms with Gasteiger partial charge in [0.2, 0.25) is 5.91 Å². The minimum atomic E-state index is -4.66. The van der Waals surface area contributed by atoms with E-state index in [1.54, 1.807) is 34.6 Å². The maximum Gasteiger partial charge on any atom is 0.433 e. The fourth-order valence-electron chi connectivity index (χ4n) is 8.17. The zero-order valence-corrected chi connectivity index (χ0v) is 31.8. The fourth-order valence-corrected chi connectivity index (χ4v) is 9.33. The Morgan fingerprint density at radius 2 is 1.82 bits per heavy atom. The number of ether oxygens (including phenoxy) is 1. The molecule has 2 saturated heterocycles. The lowest BCUT2D eigenvalue weighted by Crippen LogP contribution is -2.50. The first kappa shape index (κ1) is 37.6. The second-order valence-corrected chi connectivity index (χ2v) is 15.9. The van der Waals surface area contributed by atoms with Crippen molar-refractivity contribution in [2.24, 2.45) is 5.92 Å². The van der Waals surface area contributed by atoms with Crippen LogP contribution in [-0.4, -0.2) is 88.5 Å². The molecule has 13 nitrogen and oxygen atoms in total. The fraction of sp³-hybridized carbons (Fsp3) is 0.436. The Bertz CT molecular complexity index is 2280. The van der Waals surface area contributed by atoms with Gasteiger partial charge in [0.1, 0.15) is 28.6 Å². The molecular weight excluding hydrogens is 748 g/mol. The number of alkyl halides is 3. The highest BCUT2D eigenvalue weighted by atomic mass is 32.1. The van der Waals surface area contributed by atoms with Crippen LogP contribution in [-0.2, 0) is 11.0 Å². The number of imide groups is 1. The first-order chi connectivity index (χ1) is 26.9. The molecule has 0 unspecified atom stereocenters. The van der Waals surface area contributed by atoms with Gasteiger partial charge in [-0.15, -0.1) is 11.3 Å². The predicted octanol–water partition coefficient (Wildman–Crippen LogP) is 6.94. The number of pyridine rings is 2. The number of thiazole rings is 1. The van der Waals surface area contributed by atoms with Gasteiger partial charge in [-0.25, -0.2) is 19.7 Å². The summed E-state index contributed by atoms with van der Waals surface area (Å²) in [6, 6.07) is 10.9. The molecule has 4 amide bonds. The molecule has 2 N–H and O–H groups in total. The third-order valence-electron chi connectivity index (χ3n) is 11.2. The monoisotopic (exact) mass is 789 g/mol. The quantitative estimate of drug-likeness (QED) is 0.163. The Morgan fingerprint density at radius 1 is 1.04 bits per heavy atom. The molecule has 3 fully saturated rings. The summed E-state index contributed by atoms with van der Waals surface area (Å²) in [7, 11) is 3.72. The molecule has 1 aromatic carbocycles. The number of hydrogen-bond donors (Lipinski definition) is 2. The van der Waals surface area contributed by atoms with Crippen molar-refractivity contribution in [1.82, 2.24) is 29.6 Å². The van der Waals surface area contributed by atoms with Crippen LogP contribution in [0.15, 0.2) is 54.9 Å². The van der Waals surface area contributed by atoms with Crippen LogP contribution < -0.4 is 25.2 Å². The van der Waals surface area contributed by atoms with Crippen molar-refractivity contribution in [1.29, 1.82) is 0 Å². The number of rotatable bonds is 9. The SMILES string of the molecule is COc1cc2nc([C@H]3CC[C@H](CN(C)C4CCN(c5ccn6c(N7CCC(=O)NC7=O)cnc6c5)CC4)CC3)sc2cc1NC(=O)c1cccc(C(F)(F)F)n1. The molecule has 2 aliphatic heterocycles. The Balaban J connectivity index is 0.833. The number of amides is 4. The summed E-state index contributed by atoms with van der Waals surface area (Å²) >= 11 is 1.58. The minimum Gasteiger partial charge on any atom is -0.494 e. The number of piperidine rings is 1. The van der Waals surface area contributed by atoms with Gasteiger partial charge in [-0.05, 0) is 75.8 Å². The van der Waals surface area contributed by atoms with Crippen LogP contribution in [0.4, 0.5) is 35.2 Å². The summed E-state index contributed by atoms with van der Waals surface area (Å²) in [6.45, 7) is 3.26. The number of nitrogens with zero attached hydrogens (tertiary/aromatic N) is 7. The van der Waals surface area contributed by atoms with Gasteiger partial charge in [-0.1, -0.05) is 6.07 Å². The zero-order valence-electron chi connectivity index (χ0n) is 31.0. The summed E-state index contributed by atoms with van der Waals surface area (Å²) in [5.74, 6) is 0.918. The highest BCUT2D eigenvalue weighted by Crippen LogP contribution is 2.42. The lowest BCUT2D eigenvalue weighted by atomic mass is 9.82. The van der Waals surface area contributed by atoms with E-state index < -0.39 is 23.8 Å².